The molecule has 0 aliphatic heterocycles. The molecule has 0 radical (unpaired) electrons. The standard InChI is InChI=1S/C20H22O5/c1-25-19(23)14-5-2-13(3-6-14)4-7-15-16(18(22)12-17(15)21)8-9-20(24)10-11-20/h2-3,5-6,15-16,18,22,24H,4,7,10-12H2,1H3/t15-,16-,18-/m1/s1. The summed E-state index contributed by atoms with van der Waals surface area (Å²) in [6.45, 7) is 0. The molecule has 0 heterocycles. The first-order chi connectivity index (χ1) is 11.9. The molecular weight excluding hydrogens is 320 g/mol. The minimum Gasteiger partial charge on any atom is -0.465 e. The number of aliphatic hydroxyl groups excluding tert-OH is 1. The Kier molecular flexibility index (Phi) is 4.94. The van der Waals surface area contributed by atoms with Crippen molar-refractivity contribution in [2.45, 2.75) is 43.8 Å². The number of carbonyl (C=O) groups excluding carboxylic acids is 2. The molecular formula is C20H22O5. The van der Waals surface area contributed by atoms with E-state index in [1.807, 2.05) is 12.1 Å². The molecule has 2 saturated carbocycles. The Morgan fingerprint density at radius 3 is 2.60 bits per heavy atom. The average Bonchev–Trinajstić information content (AvgIpc) is 3.27. The Hall–Kier alpha value is -2.16. The van der Waals surface area contributed by atoms with E-state index < -0.39 is 17.6 Å². The topological polar surface area (TPSA) is 83.8 Å². The lowest BCUT2D eigenvalue weighted by molar-refractivity contribution is -0.121. The summed E-state index contributed by atoms with van der Waals surface area (Å²) in [4.78, 5) is 23.6. The molecule has 5 heteroatoms. The van der Waals surface area contributed by atoms with E-state index in [4.69, 9.17) is 0 Å². The van der Waals surface area contributed by atoms with E-state index in [0.29, 0.717) is 31.2 Å². The molecule has 132 valence electrons. The highest BCUT2D eigenvalue weighted by molar-refractivity contribution is 5.89. The number of aliphatic hydroxyl groups is 2. The number of carbonyl (C=O) groups is 2. The Morgan fingerprint density at radius 1 is 1.32 bits per heavy atom. The average molecular weight is 342 g/mol. The van der Waals surface area contributed by atoms with Gasteiger partial charge in [-0.3, -0.25) is 4.79 Å². The van der Waals surface area contributed by atoms with Crippen molar-refractivity contribution < 1.29 is 24.5 Å². The first-order valence-electron chi connectivity index (χ1n) is 8.55. The first kappa shape index (κ1) is 17.7. The van der Waals surface area contributed by atoms with Crippen molar-refractivity contribution in [3.63, 3.8) is 0 Å². The van der Waals surface area contributed by atoms with Crippen molar-refractivity contribution in [1.29, 1.82) is 0 Å². The molecule has 2 aliphatic rings. The number of benzene rings is 1. The van der Waals surface area contributed by atoms with Gasteiger partial charge in [-0.1, -0.05) is 24.0 Å². The SMILES string of the molecule is COC(=O)c1ccc(CC[C@H]2C(=O)C[C@@H](O)[C@@H]2C#CC2(O)CC2)cc1. The van der Waals surface area contributed by atoms with E-state index in [0.717, 1.165) is 5.56 Å². The van der Waals surface area contributed by atoms with Gasteiger partial charge in [0.25, 0.3) is 0 Å². The van der Waals surface area contributed by atoms with Gasteiger partial charge in [0.05, 0.1) is 24.7 Å². The van der Waals surface area contributed by atoms with Gasteiger partial charge in [-0.25, -0.2) is 4.79 Å². The monoisotopic (exact) mass is 342 g/mol. The maximum atomic E-state index is 12.2. The second-order valence-corrected chi connectivity index (χ2v) is 6.90. The Labute approximate surface area is 147 Å². The van der Waals surface area contributed by atoms with E-state index in [1.165, 1.54) is 7.11 Å². The summed E-state index contributed by atoms with van der Waals surface area (Å²) in [5.41, 5.74) is 0.592. The molecule has 0 spiro atoms. The highest BCUT2D eigenvalue weighted by Gasteiger charge is 2.42. The number of methoxy groups -OCH3 is 1. The molecule has 1 aromatic rings. The number of hydrogen-bond donors (Lipinski definition) is 2. The van der Waals surface area contributed by atoms with E-state index in [-0.39, 0.29) is 24.1 Å². The smallest absolute Gasteiger partial charge is 0.337 e. The fraction of sp³-hybridized carbons (Fsp3) is 0.500. The van der Waals surface area contributed by atoms with Gasteiger partial charge < -0.3 is 14.9 Å². The largest absolute Gasteiger partial charge is 0.465 e. The van der Waals surface area contributed by atoms with Crippen LogP contribution in [-0.2, 0) is 16.0 Å². The Morgan fingerprint density at radius 2 is 2.00 bits per heavy atom. The van der Waals surface area contributed by atoms with Gasteiger partial charge in [-0.2, -0.15) is 0 Å². The van der Waals surface area contributed by atoms with Crippen molar-refractivity contribution in [1.82, 2.24) is 0 Å². The number of esters is 1. The summed E-state index contributed by atoms with van der Waals surface area (Å²) in [5.74, 6) is 4.70. The molecule has 0 bridgehead atoms. The molecule has 0 saturated heterocycles. The van der Waals surface area contributed by atoms with Crippen LogP contribution < -0.4 is 0 Å². The third-order valence-electron chi connectivity index (χ3n) is 4.99. The third kappa shape index (κ3) is 4.09. The lowest BCUT2D eigenvalue weighted by atomic mass is 9.88. The van der Waals surface area contributed by atoms with E-state index in [9.17, 15) is 19.8 Å². The zero-order chi connectivity index (χ0) is 18.0. The van der Waals surface area contributed by atoms with Crippen LogP contribution in [0, 0.1) is 23.7 Å². The summed E-state index contributed by atoms with van der Waals surface area (Å²) in [6, 6.07) is 7.09. The normalized spacial score (nSPS) is 26.7. The van der Waals surface area contributed by atoms with Gasteiger partial charge in [-0.15, -0.1) is 0 Å². The van der Waals surface area contributed by atoms with Crippen molar-refractivity contribution in [3.05, 3.63) is 35.4 Å². The summed E-state index contributed by atoms with van der Waals surface area (Å²) in [5, 5.41) is 20.0. The molecule has 0 unspecified atom stereocenters. The summed E-state index contributed by atoms with van der Waals surface area (Å²) in [6.07, 6.45) is 1.94. The second-order valence-electron chi connectivity index (χ2n) is 6.90. The van der Waals surface area contributed by atoms with Crippen LogP contribution in [0.5, 0.6) is 0 Å². The maximum absolute atomic E-state index is 12.2. The first-order valence-corrected chi connectivity index (χ1v) is 8.55. The number of aryl methyl sites for hydroxylation is 1. The van der Waals surface area contributed by atoms with Gasteiger partial charge in [0.2, 0.25) is 0 Å². The zero-order valence-corrected chi connectivity index (χ0v) is 14.2. The molecule has 5 nitrogen and oxygen atoms in total. The number of Topliss-reactive ketones (excluding diaryl/α,β-unsaturated/α-hetero) is 1. The lowest BCUT2D eigenvalue weighted by Gasteiger charge is -2.15. The lowest BCUT2D eigenvalue weighted by Crippen LogP contribution is -2.20. The Balaban J connectivity index is 1.64. The predicted octanol–water partition coefficient (Wildman–Crippen LogP) is 1.50. The van der Waals surface area contributed by atoms with Crippen molar-refractivity contribution >= 4 is 11.8 Å². The third-order valence-corrected chi connectivity index (χ3v) is 4.99. The van der Waals surface area contributed by atoms with Crippen LogP contribution in [0.15, 0.2) is 24.3 Å². The van der Waals surface area contributed by atoms with Gasteiger partial charge in [0.15, 0.2) is 0 Å². The number of hydrogen-bond acceptors (Lipinski definition) is 5. The van der Waals surface area contributed by atoms with Crippen molar-refractivity contribution in [2.24, 2.45) is 11.8 Å². The molecule has 3 atom stereocenters. The van der Waals surface area contributed by atoms with E-state index >= 15 is 0 Å². The summed E-state index contributed by atoms with van der Waals surface area (Å²) >= 11 is 0. The molecule has 1 aromatic carbocycles. The second kappa shape index (κ2) is 6.99. The van der Waals surface area contributed by atoms with Gasteiger partial charge >= 0.3 is 5.97 Å². The molecule has 2 fully saturated rings. The molecule has 0 amide bonds. The minimum absolute atomic E-state index is 0.0285. The highest BCUT2D eigenvalue weighted by atomic mass is 16.5. The molecule has 2 N–H and O–H groups in total. The van der Waals surface area contributed by atoms with Crippen LogP contribution in [0.25, 0.3) is 0 Å². The van der Waals surface area contributed by atoms with Crippen LogP contribution in [-0.4, -0.2) is 40.8 Å². The fourth-order valence-corrected chi connectivity index (χ4v) is 3.20. The maximum Gasteiger partial charge on any atom is 0.337 e. The fourth-order valence-electron chi connectivity index (χ4n) is 3.20. The van der Waals surface area contributed by atoms with Gasteiger partial charge in [-0.05, 0) is 43.4 Å². The number of ether oxygens (including phenoxy) is 1. The summed E-state index contributed by atoms with van der Waals surface area (Å²) in [7, 11) is 1.34. The predicted molar refractivity (Wildman–Crippen MR) is 90.7 cm³/mol. The highest BCUT2D eigenvalue weighted by Crippen LogP contribution is 2.36. The van der Waals surface area contributed by atoms with Crippen molar-refractivity contribution in [2.75, 3.05) is 7.11 Å². The molecule has 25 heavy (non-hydrogen) atoms. The van der Waals surface area contributed by atoms with Crippen LogP contribution >= 0.6 is 0 Å². The van der Waals surface area contributed by atoms with Crippen LogP contribution in [0.1, 0.15) is 41.6 Å². The van der Waals surface area contributed by atoms with Gasteiger partial charge in [0.1, 0.15) is 11.4 Å². The zero-order valence-electron chi connectivity index (χ0n) is 14.2. The molecule has 3 rings (SSSR count). The quantitative estimate of drug-likeness (QED) is 0.640. The van der Waals surface area contributed by atoms with E-state index in [1.54, 1.807) is 12.1 Å². The van der Waals surface area contributed by atoms with Crippen LogP contribution in [0.4, 0.5) is 0 Å². The van der Waals surface area contributed by atoms with E-state index in [2.05, 4.69) is 16.6 Å². The van der Waals surface area contributed by atoms with Crippen LogP contribution in [0.3, 0.4) is 0 Å². The molecule has 2 aliphatic carbocycles. The van der Waals surface area contributed by atoms with Crippen molar-refractivity contribution in [3.8, 4) is 11.8 Å². The number of ketones is 1. The number of rotatable bonds is 4. The van der Waals surface area contributed by atoms with Gasteiger partial charge in [0, 0.05) is 12.3 Å². The Bertz CT molecular complexity index is 721. The summed E-state index contributed by atoms with van der Waals surface area (Å²) < 4.78 is 4.67. The minimum atomic E-state index is -0.903. The molecule has 0 aromatic heterocycles. The van der Waals surface area contributed by atoms with Crippen LogP contribution in [0.2, 0.25) is 0 Å².